The Labute approximate surface area is 326 Å². The fraction of sp³-hybridized carbons (Fsp3) is 0.684. The number of anilines is 3. The fourth-order valence-corrected chi connectivity index (χ4v) is 6.00. The molecule has 2 aliphatic rings. The number of hydrogen-bond donors (Lipinski definition) is 2. The van der Waals surface area contributed by atoms with E-state index in [4.69, 9.17) is 33.2 Å². The first kappa shape index (κ1) is 44.9. The number of methoxy groups -OCH3 is 1. The summed E-state index contributed by atoms with van der Waals surface area (Å²) in [6, 6.07) is 4.67. The smallest absolute Gasteiger partial charge is 0.421 e. The Morgan fingerprint density at radius 3 is 1.88 bits per heavy atom. The fourth-order valence-electron chi connectivity index (χ4n) is 6.00. The van der Waals surface area contributed by atoms with Gasteiger partial charge in [0.05, 0.1) is 91.9 Å². The average molecular weight is 799 g/mol. The molecule has 4 rings (SSSR count). The number of carbonyl (C=O) groups is 2. The van der Waals surface area contributed by atoms with Crippen LogP contribution in [0.3, 0.4) is 0 Å². The summed E-state index contributed by atoms with van der Waals surface area (Å²) >= 11 is 0. The first-order valence-electron chi connectivity index (χ1n) is 19.3. The molecule has 15 nitrogen and oxygen atoms in total. The molecule has 1 aliphatic carbocycles. The minimum atomic E-state index is -4.62. The summed E-state index contributed by atoms with van der Waals surface area (Å²) in [5.41, 5.74) is -0.283. The first-order valence-corrected chi connectivity index (χ1v) is 19.3. The molecule has 0 radical (unpaired) electrons. The number of piperazine rings is 1. The van der Waals surface area contributed by atoms with E-state index in [-0.39, 0.29) is 42.4 Å². The Hall–Kier alpha value is -3.81. The van der Waals surface area contributed by atoms with E-state index in [2.05, 4.69) is 20.6 Å². The maximum absolute atomic E-state index is 13.3. The monoisotopic (exact) mass is 798 g/mol. The van der Waals surface area contributed by atoms with Crippen LogP contribution in [0, 0.1) is 5.92 Å². The second kappa shape index (κ2) is 24.7. The molecule has 2 heterocycles. The molecule has 1 saturated heterocycles. The maximum atomic E-state index is 13.3. The Bertz CT molecular complexity index is 1460. The second-order valence-corrected chi connectivity index (χ2v) is 13.3. The standard InChI is InChI=1S/C38H57F3N6O9/c1-42-35-31(38(39,40)41)28-43-37(45-35)44-32-9-8-30(27-33(32)50-2)36(49)47-13-11-46(12-14-47)34(48)10-16-52-18-20-54-22-24-56-26-25-55-23-21-53-19-17-51-15-4-7-29-5-3-6-29/h8-9,27-29H,3-7,10-26H2,1-2H3,(H2,42,43,44,45). The van der Waals surface area contributed by atoms with Crippen LogP contribution in [0.5, 0.6) is 5.75 Å². The van der Waals surface area contributed by atoms with Crippen molar-refractivity contribution in [3.05, 3.63) is 35.5 Å². The summed E-state index contributed by atoms with van der Waals surface area (Å²) in [6.45, 7) is 7.38. The van der Waals surface area contributed by atoms with Gasteiger partial charge in [0.1, 0.15) is 17.1 Å². The lowest BCUT2D eigenvalue weighted by molar-refractivity contribution is -0.137. The summed E-state index contributed by atoms with van der Waals surface area (Å²) in [5, 5.41) is 5.27. The molecular formula is C38H57F3N6O9. The van der Waals surface area contributed by atoms with Gasteiger partial charge in [0.15, 0.2) is 0 Å². The van der Waals surface area contributed by atoms with Crippen molar-refractivity contribution in [2.45, 2.75) is 44.7 Å². The number of nitrogens with zero attached hydrogens (tertiary/aromatic N) is 4. The van der Waals surface area contributed by atoms with Gasteiger partial charge in [-0.2, -0.15) is 18.2 Å². The van der Waals surface area contributed by atoms with E-state index in [1.165, 1.54) is 45.9 Å². The Kier molecular flexibility index (Phi) is 19.8. The zero-order valence-corrected chi connectivity index (χ0v) is 32.5. The lowest BCUT2D eigenvalue weighted by atomic mass is 9.82. The van der Waals surface area contributed by atoms with Crippen molar-refractivity contribution in [3.63, 3.8) is 0 Å². The highest BCUT2D eigenvalue weighted by molar-refractivity contribution is 5.95. The van der Waals surface area contributed by atoms with Crippen LogP contribution in [-0.4, -0.2) is 151 Å². The van der Waals surface area contributed by atoms with Crippen molar-refractivity contribution in [2.75, 3.05) is 130 Å². The second-order valence-electron chi connectivity index (χ2n) is 13.3. The van der Waals surface area contributed by atoms with Crippen LogP contribution in [0.25, 0.3) is 0 Å². The minimum Gasteiger partial charge on any atom is -0.495 e. The number of rotatable bonds is 27. The number of aromatic nitrogens is 2. The number of amides is 2. The highest BCUT2D eigenvalue weighted by Gasteiger charge is 2.35. The normalized spacial score (nSPS) is 14.8. The number of nitrogens with one attached hydrogen (secondary N) is 2. The van der Waals surface area contributed by atoms with Gasteiger partial charge >= 0.3 is 6.18 Å². The molecule has 2 aromatic rings. The summed E-state index contributed by atoms with van der Waals surface area (Å²) in [7, 11) is 2.74. The molecule has 2 amide bonds. The van der Waals surface area contributed by atoms with E-state index >= 15 is 0 Å². The molecule has 1 aromatic carbocycles. The average Bonchev–Trinajstić information content (AvgIpc) is 3.18. The summed E-state index contributed by atoms with van der Waals surface area (Å²) < 4.78 is 78.3. The molecule has 0 atom stereocenters. The molecular weight excluding hydrogens is 741 g/mol. The third kappa shape index (κ3) is 15.6. The van der Waals surface area contributed by atoms with Gasteiger partial charge in [0, 0.05) is 51.6 Å². The van der Waals surface area contributed by atoms with Crippen LogP contribution < -0.4 is 15.4 Å². The molecule has 0 unspecified atom stereocenters. The van der Waals surface area contributed by atoms with Gasteiger partial charge < -0.3 is 53.6 Å². The van der Waals surface area contributed by atoms with Gasteiger partial charge in [-0.15, -0.1) is 0 Å². The summed E-state index contributed by atoms with van der Waals surface area (Å²) in [5.74, 6) is 0.446. The van der Waals surface area contributed by atoms with Crippen molar-refractivity contribution in [1.82, 2.24) is 19.8 Å². The summed E-state index contributed by atoms with van der Waals surface area (Å²) in [6.07, 6.45) is 2.89. The zero-order valence-electron chi connectivity index (χ0n) is 32.5. The third-order valence-electron chi connectivity index (χ3n) is 9.39. The van der Waals surface area contributed by atoms with E-state index in [9.17, 15) is 22.8 Å². The number of ether oxygens (including phenoxy) is 7. The topological polar surface area (TPSA) is 155 Å². The third-order valence-corrected chi connectivity index (χ3v) is 9.39. The van der Waals surface area contributed by atoms with Gasteiger partial charge in [-0.3, -0.25) is 9.59 Å². The maximum Gasteiger partial charge on any atom is 0.421 e. The first-order chi connectivity index (χ1) is 27.2. The lowest BCUT2D eigenvalue weighted by Crippen LogP contribution is -2.50. The van der Waals surface area contributed by atoms with E-state index in [1.807, 2.05) is 0 Å². The van der Waals surface area contributed by atoms with Gasteiger partial charge in [-0.05, 0) is 37.0 Å². The van der Waals surface area contributed by atoms with E-state index in [1.54, 1.807) is 21.9 Å². The molecule has 0 spiro atoms. The number of hydrogen-bond acceptors (Lipinski definition) is 13. The Balaban J connectivity index is 0.979. The van der Waals surface area contributed by atoms with E-state index < -0.39 is 11.7 Å². The molecule has 314 valence electrons. The number of alkyl halides is 3. The molecule has 56 heavy (non-hydrogen) atoms. The predicted molar refractivity (Wildman–Crippen MR) is 201 cm³/mol. The largest absolute Gasteiger partial charge is 0.495 e. The van der Waals surface area contributed by atoms with Crippen LogP contribution in [0.2, 0.25) is 0 Å². The quantitative estimate of drug-likeness (QED) is 0.121. The van der Waals surface area contributed by atoms with Crippen molar-refractivity contribution < 1.29 is 55.9 Å². The SMILES string of the molecule is CNc1nc(Nc2ccc(C(=O)N3CCN(C(=O)CCOCCOCCOCCOCCOCCOCCCC4CCC4)CC3)cc2OC)ncc1C(F)(F)F. The lowest BCUT2D eigenvalue weighted by Gasteiger charge is -2.35. The molecule has 1 saturated carbocycles. The van der Waals surface area contributed by atoms with Crippen LogP contribution in [0.4, 0.5) is 30.6 Å². The van der Waals surface area contributed by atoms with E-state index in [0.717, 1.165) is 18.9 Å². The zero-order chi connectivity index (χ0) is 40.0. The van der Waals surface area contributed by atoms with Crippen molar-refractivity contribution >= 4 is 29.3 Å². The number of halogens is 3. The minimum absolute atomic E-state index is 0.0529. The number of carbonyl (C=O) groups excluding carboxylic acids is 2. The van der Waals surface area contributed by atoms with Gasteiger partial charge in [-0.25, -0.2) is 4.98 Å². The van der Waals surface area contributed by atoms with Crippen LogP contribution in [0.15, 0.2) is 24.4 Å². The number of benzene rings is 1. The highest BCUT2D eigenvalue weighted by Crippen LogP contribution is 2.35. The molecule has 18 heteroatoms. The highest BCUT2D eigenvalue weighted by atomic mass is 19.4. The molecule has 0 bridgehead atoms. The van der Waals surface area contributed by atoms with Gasteiger partial charge in [0.25, 0.3) is 5.91 Å². The molecule has 1 aliphatic heterocycles. The molecule has 1 aromatic heterocycles. The van der Waals surface area contributed by atoms with E-state index in [0.29, 0.717) is 110 Å². The Morgan fingerprint density at radius 1 is 0.804 bits per heavy atom. The van der Waals surface area contributed by atoms with Crippen LogP contribution >= 0.6 is 0 Å². The Morgan fingerprint density at radius 2 is 1.36 bits per heavy atom. The van der Waals surface area contributed by atoms with Crippen molar-refractivity contribution in [2.24, 2.45) is 5.92 Å². The van der Waals surface area contributed by atoms with Crippen molar-refractivity contribution in [1.29, 1.82) is 0 Å². The van der Waals surface area contributed by atoms with Crippen LogP contribution in [-0.2, 0) is 39.4 Å². The summed E-state index contributed by atoms with van der Waals surface area (Å²) in [4.78, 5) is 37.0. The van der Waals surface area contributed by atoms with Gasteiger partial charge in [-0.1, -0.05) is 19.3 Å². The molecule has 2 N–H and O–H groups in total. The van der Waals surface area contributed by atoms with Crippen molar-refractivity contribution in [3.8, 4) is 5.75 Å². The van der Waals surface area contributed by atoms with Crippen LogP contribution in [0.1, 0.15) is 54.4 Å². The predicted octanol–water partition coefficient (Wildman–Crippen LogP) is 4.64. The van der Waals surface area contributed by atoms with Gasteiger partial charge in [0.2, 0.25) is 11.9 Å². The molecule has 2 fully saturated rings.